The topological polar surface area (TPSA) is 65.1 Å². The van der Waals surface area contributed by atoms with E-state index >= 15 is 0 Å². The largest absolute Gasteiger partial charge is 0.505 e. The van der Waals surface area contributed by atoms with Crippen LogP contribution in [0.4, 0.5) is 4.79 Å². The van der Waals surface area contributed by atoms with Crippen molar-refractivity contribution in [3.63, 3.8) is 0 Å². The second-order valence-corrected chi connectivity index (χ2v) is 6.55. The Labute approximate surface area is 127 Å². The average Bonchev–Trinajstić information content (AvgIpc) is 2.30. The molecule has 0 aliphatic heterocycles. The van der Waals surface area contributed by atoms with Crippen LogP contribution in [0, 0.1) is 5.41 Å². The third kappa shape index (κ3) is 7.02. The maximum Gasteiger partial charge on any atom is 0.410 e. The number of hydrogen-bond acceptors (Lipinski definition) is 5. The minimum Gasteiger partial charge on any atom is -0.505 e. The highest BCUT2D eigenvalue weighted by molar-refractivity contribution is 5.80. The van der Waals surface area contributed by atoms with Gasteiger partial charge >= 0.3 is 12.1 Å². The summed E-state index contributed by atoms with van der Waals surface area (Å²) in [5.41, 5.74) is -1.44. The molecule has 0 saturated carbocycles. The molecule has 0 aliphatic carbocycles. The molecule has 0 N–H and O–H groups in total. The fraction of sp³-hybridized carbons (Fsp3) is 0.733. The van der Waals surface area contributed by atoms with Crippen LogP contribution in [-0.4, -0.2) is 49.9 Å². The van der Waals surface area contributed by atoms with E-state index in [0.717, 1.165) is 0 Å². The second kappa shape index (κ2) is 7.33. The molecular weight excluding hydrogens is 274 g/mol. The van der Waals surface area contributed by atoms with Gasteiger partial charge in [-0.25, -0.2) is 9.59 Å². The summed E-state index contributed by atoms with van der Waals surface area (Å²) in [6, 6.07) is 0. The second-order valence-electron chi connectivity index (χ2n) is 6.55. The first-order valence-corrected chi connectivity index (χ1v) is 6.72. The summed E-state index contributed by atoms with van der Waals surface area (Å²) in [6.07, 6.45) is 1.42. The molecule has 21 heavy (non-hydrogen) atoms. The molecule has 0 aromatic rings. The predicted octanol–water partition coefficient (Wildman–Crippen LogP) is 2.58. The quantitative estimate of drug-likeness (QED) is 0.577. The first-order chi connectivity index (χ1) is 9.40. The monoisotopic (exact) mass is 301 g/mol. The summed E-state index contributed by atoms with van der Waals surface area (Å²) in [5, 5.41) is 0. The van der Waals surface area contributed by atoms with Crippen molar-refractivity contribution in [2.24, 2.45) is 5.41 Å². The molecule has 0 bridgehead atoms. The Kier molecular flexibility index (Phi) is 6.73. The van der Waals surface area contributed by atoms with E-state index in [1.54, 1.807) is 54.8 Å². The van der Waals surface area contributed by atoms with Crippen LogP contribution < -0.4 is 0 Å². The molecule has 0 saturated heterocycles. The van der Waals surface area contributed by atoms with Gasteiger partial charge in [0.05, 0.1) is 13.4 Å². The Morgan fingerprint density at radius 2 is 1.62 bits per heavy atom. The predicted molar refractivity (Wildman–Crippen MR) is 79.7 cm³/mol. The van der Waals surface area contributed by atoms with E-state index in [1.165, 1.54) is 18.3 Å². The lowest BCUT2D eigenvalue weighted by Gasteiger charge is -2.32. The lowest BCUT2D eigenvalue weighted by Crippen LogP contribution is -2.45. The molecule has 0 aromatic carbocycles. The van der Waals surface area contributed by atoms with E-state index in [0.29, 0.717) is 0 Å². The number of methoxy groups -OCH3 is 1. The minimum absolute atomic E-state index is 0.594. The fourth-order valence-corrected chi connectivity index (χ4v) is 1.40. The number of nitrogens with zero attached hydrogens (tertiary/aromatic N) is 1. The van der Waals surface area contributed by atoms with Crippen LogP contribution in [0.3, 0.4) is 0 Å². The average molecular weight is 301 g/mol. The summed E-state index contributed by atoms with van der Waals surface area (Å²) < 4.78 is 15.5. The molecule has 1 unspecified atom stereocenters. The van der Waals surface area contributed by atoms with Gasteiger partial charge in [-0.15, -0.1) is 0 Å². The molecule has 0 radical (unpaired) electrons. The lowest BCUT2D eigenvalue weighted by molar-refractivity contribution is -0.170. The van der Waals surface area contributed by atoms with Crippen LogP contribution in [0.25, 0.3) is 0 Å². The molecular formula is C15H27NO5. The number of carbonyl (C=O) groups excluding carboxylic acids is 2. The van der Waals surface area contributed by atoms with Crippen molar-refractivity contribution in [2.45, 2.75) is 46.3 Å². The molecule has 1 atom stereocenters. The van der Waals surface area contributed by atoms with Crippen LogP contribution in [0.1, 0.15) is 34.6 Å². The lowest BCUT2D eigenvalue weighted by atomic mass is 9.86. The van der Waals surface area contributed by atoms with Crippen molar-refractivity contribution in [1.82, 2.24) is 4.90 Å². The van der Waals surface area contributed by atoms with Gasteiger partial charge in [0.2, 0.25) is 6.10 Å². The van der Waals surface area contributed by atoms with Crippen LogP contribution in [-0.2, 0) is 19.0 Å². The highest BCUT2D eigenvalue weighted by atomic mass is 16.6. The van der Waals surface area contributed by atoms with Gasteiger partial charge in [-0.1, -0.05) is 13.8 Å². The summed E-state index contributed by atoms with van der Waals surface area (Å²) in [5.74, 6) is -0.594. The normalized spacial score (nSPS) is 13.7. The molecule has 0 aromatic heterocycles. The van der Waals surface area contributed by atoms with Gasteiger partial charge in [0.15, 0.2) is 0 Å². The van der Waals surface area contributed by atoms with Crippen molar-refractivity contribution >= 4 is 12.1 Å². The molecule has 122 valence electrons. The molecule has 0 spiro atoms. The fourth-order valence-electron chi connectivity index (χ4n) is 1.40. The number of amides is 1. The number of hydrogen-bond donors (Lipinski definition) is 0. The molecule has 6 nitrogen and oxygen atoms in total. The zero-order chi connectivity index (χ0) is 16.8. The van der Waals surface area contributed by atoms with Crippen molar-refractivity contribution in [2.75, 3.05) is 21.2 Å². The maximum atomic E-state index is 12.3. The third-order valence-electron chi connectivity index (χ3n) is 2.51. The standard InChI is InChI=1S/C15H27NO5/c1-14(2,3)21-12(17)11(20-13(18)16(6)7)15(4,5)9-10-19-8/h9-11H,1-8H3/b10-9-. The highest BCUT2D eigenvalue weighted by Gasteiger charge is 2.40. The Bertz CT molecular complexity index is 393. The van der Waals surface area contributed by atoms with Crippen LogP contribution in [0.5, 0.6) is 0 Å². The van der Waals surface area contributed by atoms with Crippen molar-refractivity contribution in [1.29, 1.82) is 0 Å². The zero-order valence-corrected chi connectivity index (χ0v) is 14.2. The molecule has 1 amide bonds. The van der Waals surface area contributed by atoms with Crippen LogP contribution >= 0.6 is 0 Å². The van der Waals surface area contributed by atoms with Gasteiger partial charge in [0.25, 0.3) is 0 Å². The Hall–Kier alpha value is -1.72. The smallest absolute Gasteiger partial charge is 0.410 e. The zero-order valence-electron chi connectivity index (χ0n) is 14.2. The number of esters is 1. The van der Waals surface area contributed by atoms with E-state index < -0.39 is 29.2 Å². The van der Waals surface area contributed by atoms with Gasteiger partial charge in [-0.2, -0.15) is 0 Å². The third-order valence-corrected chi connectivity index (χ3v) is 2.51. The first kappa shape index (κ1) is 19.3. The maximum absolute atomic E-state index is 12.3. The van der Waals surface area contributed by atoms with Crippen molar-refractivity contribution < 1.29 is 23.8 Å². The van der Waals surface area contributed by atoms with Gasteiger partial charge in [-0.05, 0) is 26.8 Å². The summed E-state index contributed by atoms with van der Waals surface area (Å²) in [4.78, 5) is 25.4. The van der Waals surface area contributed by atoms with E-state index in [1.807, 2.05) is 0 Å². The summed E-state index contributed by atoms with van der Waals surface area (Å²) in [6.45, 7) is 8.80. The molecule has 0 fully saturated rings. The van der Waals surface area contributed by atoms with Crippen molar-refractivity contribution in [3.8, 4) is 0 Å². The summed E-state index contributed by atoms with van der Waals surface area (Å²) >= 11 is 0. The molecule has 0 heterocycles. The Morgan fingerprint density at radius 3 is 2.00 bits per heavy atom. The van der Waals surface area contributed by atoms with E-state index in [-0.39, 0.29) is 0 Å². The van der Waals surface area contributed by atoms with Gasteiger partial charge in [0.1, 0.15) is 5.60 Å². The van der Waals surface area contributed by atoms with Crippen LogP contribution in [0.15, 0.2) is 12.3 Å². The van der Waals surface area contributed by atoms with Gasteiger partial charge in [-0.3, -0.25) is 0 Å². The van der Waals surface area contributed by atoms with E-state index in [2.05, 4.69) is 0 Å². The number of ether oxygens (including phenoxy) is 3. The number of carbonyl (C=O) groups is 2. The van der Waals surface area contributed by atoms with Crippen molar-refractivity contribution in [3.05, 3.63) is 12.3 Å². The van der Waals surface area contributed by atoms with E-state index in [9.17, 15) is 9.59 Å². The molecule has 6 heteroatoms. The minimum atomic E-state index is -1.07. The van der Waals surface area contributed by atoms with Gasteiger partial charge < -0.3 is 19.1 Å². The Balaban J connectivity index is 5.32. The number of rotatable bonds is 5. The summed E-state index contributed by atoms with van der Waals surface area (Å²) in [7, 11) is 4.60. The molecule has 0 aliphatic rings. The van der Waals surface area contributed by atoms with Gasteiger partial charge in [0, 0.05) is 19.5 Å². The SMILES string of the molecule is CO/C=C\C(C)(C)C(OC(=O)N(C)C)C(=O)OC(C)(C)C. The molecule has 0 rings (SSSR count). The van der Waals surface area contributed by atoms with E-state index in [4.69, 9.17) is 14.2 Å². The van der Waals surface area contributed by atoms with Crippen LogP contribution in [0.2, 0.25) is 0 Å². The Morgan fingerprint density at radius 1 is 1.10 bits per heavy atom. The first-order valence-electron chi connectivity index (χ1n) is 6.72. The highest BCUT2D eigenvalue weighted by Crippen LogP contribution is 2.28.